The fourth-order valence-corrected chi connectivity index (χ4v) is 2.16. The van der Waals surface area contributed by atoms with Crippen molar-refractivity contribution in [2.75, 3.05) is 0 Å². The number of rotatable bonds is 5. The van der Waals surface area contributed by atoms with Crippen molar-refractivity contribution in [2.45, 2.75) is 19.8 Å². The summed E-state index contributed by atoms with van der Waals surface area (Å²) < 4.78 is 10.6. The highest BCUT2D eigenvalue weighted by atomic mass is 16.4. The van der Waals surface area contributed by atoms with Crippen molar-refractivity contribution in [1.29, 1.82) is 0 Å². The third-order valence-electron chi connectivity index (χ3n) is 3.52. The van der Waals surface area contributed by atoms with Crippen LogP contribution in [0.2, 0.25) is 0 Å². The van der Waals surface area contributed by atoms with Gasteiger partial charge in [0, 0.05) is 18.4 Å². The number of hydrogen-bond acceptors (Lipinski definition) is 5. The van der Waals surface area contributed by atoms with Gasteiger partial charge < -0.3 is 8.83 Å². The molecule has 2 N–H and O–H groups in total. The fourth-order valence-electron chi connectivity index (χ4n) is 2.16. The van der Waals surface area contributed by atoms with E-state index in [2.05, 4.69) is 15.8 Å². The van der Waals surface area contributed by atoms with Gasteiger partial charge in [-0.3, -0.25) is 20.4 Å². The summed E-state index contributed by atoms with van der Waals surface area (Å²) in [6.45, 7) is 2.01. The molecule has 3 rings (SSSR count). The monoisotopic (exact) mass is 339 g/mol. The summed E-state index contributed by atoms with van der Waals surface area (Å²) in [6, 6.07) is 11.0. The van der Waals surface area contributed by atoms with Crippen LogP contribution in [0.4, 0.5) is 0 Å². The summed E-state index contributed by atoms with van der Waals surface area (Å²) in [6.07, 6.45) is 3.47. The molecule has 2 aromatic heterocycles. The van der Waals surface area contributed by atoms with E-state index in [0.29, 0.717) is 18.1 Å². The van der Waals surface area contributed by atoms with Gasteiger partial charge in [-0.05, 0) is 19.1 Å². The van der Waals surface area contributed by atoms with Crippen molar-refractivity contribution in [3.63, 3.8) is 0 Å². The number of amides is 2. The Balaban J connectivity index is 1.48. The van der Waals surface area contributed by atoms with Crippen LogP contribution in [0.25, 0.3) is 11.3 Å². The first-order valence-corrected chi connectivity index (χ1v) is 7.76. The van der Waals surface area contributed by atoms with Gasteiger partial charge in [-0.25, -0.2) is 4.98 Å². The van der Waals surface area contributed by atoms with Crippen molar-refractivity contribution in [3.8, 4) is 11.3 Å². The van der Waals surface area contributed by atoms with Gasteiger partial charge in [-0.2, -0.15) is 0 Å². The van der Waals surface area contributed by atoms with Gasteiger partial charge in [-0.15, -0.1) is 0 Å². The van der Waals surface area contributed by atoms with Crippen LogP contribution in [0.3, 0.4) is 0 Å². The zero-order chi connectivity index (χ0) is 17.6. The summed E-state index contributed by atoms with van der Waals surface area (Å²) in [5.41, 5.74) is 6.69. The Kier molecular flexibility index (Phi) is 4.94. The molecule has 2 amide bonds. The lowest BCUT2D eigenvalue weighted by molar-refractivity contribution is -0.121. The summed E-state index contributed by atoms with van der Waals surface area (Å²) in [5, 5.41) is 0. The Hall–Kier alpha value is -3.35. The van der Waals surface area contributed by atoms with Crippen LogP contribution in [0.5, 0.6) is 0 Å². The first kappa shape index (κ1) is 16.5. The van der Waals surface area contributed by atoms with Crippen LogP contribution in [-0.2, 0) is 11.2 Å². The van der Waals surface area contributed by atoms with E-state index in [0.717, 1.165) is 11.1 Å². The van der Waals surface area contributed by atoms with Gasteiger partial charge in [0.2, 0.25) is 5.91 Å². The van der Waals surface area contributed by atoms with E-state index in [1.807, 2.05) is 31.2 Å². The second-order valence-corrected chi connectivity index (χ2v) is 5.46. The molecule has 3 aromatic rings. The summed E-state index contributed by atoms with van der Waals surface area (Å²) >= 11 is 0. The minimum Gasteiger partial charge on any atom is -0.459 e. The number of hydrazine groups is 1. The second kappa shape index (κ2) is 7.48. The normalized spacial score (nSPS) is 10.4. The Morgan fingerprint density at radius 3 is 2.64 bits per heavy atom. The molecular formula is C18H17N3O4. The number of aromatic nitrogens is 1. The molecule has 7 heteroatoms. The largest absolute Gasteiger partial charge is 0.459 e. The average Bonchev–Trinajstić information content (AvgIpc) is 3.30. The fraction of sp³-hybridized carbons (Fsp3) is 0.167. The maximum atomic E-state index is 11.8. The molecule has 1 aromatic carbocycles. The molecule has 0 aliphatic rings. The summed E-state index contributed by atoms with van der Waals surface area (Å²) in [5.74, 6) is 0.367. The number of aryl methyl sites for hydroxylation is 2. The molecule has 0 spiro atoms. The van der Waals surface area contributed by atoms with E-state index in [1.54, 1.807) is 12.3 Å². The molecule has 0 radical (unpaired) electrons. The Bertz CT molecular complexity index is 851. The SMILES string of the molecule is Cc1ccc(-c2cnc(CCC(=O)NNC(=O)c3ccco3)o2)cc1. The van der Waals surface area contributed by atoms with Gasteiger partial charge in [0.15, 0.2) is 17.4 Å². The summed E-state index contributed by atoms with van der Waals surface area (Å²) in [7, 11) is 0. The second-order valence-electron chi connectivity index (χ2n) is 5.46. The first-order chi connectivity index (χ1) is 12.1. The van der Waals surface area contributed by atoms with E-state index >= 15 is 0 Å². The van der Waals surface area contributed by atoms with E-state index in [-0.39, 0.29) is 18.1 Å². The predicted molar refractivity (Wildman–Crippen MR) is 89.3 cm³/mol. The van der Waals surface area contributed by atoms with Gasteiger partial charge in [-0.1, -0.05) is 29.8 Å². The topological polar surface area (TPSA) is 97.4 Å². The Morgan fingerprint density at radius 1 is 1.12 bits per heavy atom. The Morgan fingerprint density at radius 2 is 1.92 bits per heavy atom. The molecule has 25 heavy (non-hydrogen) atoms. The molecule has 0 unspecified atom stereocenters. The number of hydrogen-bond donors (Lipinski definition) is 2. The molecule has 0 aliphatic heterocycles. The van der Waals surface area contributed by atoms with Gasteiger partial charge in [0.25, 0.3) is 0 Å². The highest BCUT2D eigenvalue weighted by molar-refractivity contribution is 5.92. The van der Waals surface area contributed by atoms with E-state index in [9.17, 15) is 9.59 Å². The molecule has 0 aliphatic carbocycles. The number of benzene rings is 1. The molecule has 0 fully saturated rings. The minimum absolute atomic E-state index is 0.121. The molecular weight excluding hydrogens is 322 g/mol. The van der Waals surface area contributed by atoms with Gasteiger partial charge in [0.1, 0.15) is 0 Å². The van der Waals surface area contributed by atoms with Crippen molar-refractivity contribution in [1.82, 2.24) is 15.8 Å². The third-order valence-corrected chi connectivity index (χ3v) is 3.52. The molecule has 0 atom stereocenters. The lowest BCUT2D eigenvalue weighted by atomic mass is 10.1. The molecule has 0 saturated carbocycles. The number of nitrogens with zero attached hydrogens (tertiary/aromatic N) is 1. The minimum atomic E-state index is -0.517. The van der Waals surface area contributed by atoms with E-state index in [4.69, 9.17) is 8.83 Å². The summed E-state index contributed by atoms with van der Waals surface area (Å²) in [4.78, 5) is 27.6. The molecule has 128 valence electrons. The predicted octanol–water partition coefficient (Wildman–Crippen LogP) is 2.64. The van der Waals surface area contributed by atoms with Crippen LogP contribution in [0.1, 0.15) is 28.4 Å². The zero-order valence-electron chi connectivity index (χ0n) is 13.6. The molecule has 0 bridgehead atoms. The molecule has 0 saturated heterocycles. The number of carbonyl (C=O) groups is 2. The quantitative estimate of drug-likeness (QED) is 0.697. The molecule has 2 heterocycles. The van der Waals surface area contributed by atoms with Crippen molar-refractivity contribution in [3.05, 3.63) is 66.1 Å². The smallest absolute Gasteiger partial charge is 0.305 e. The van der Waals surface area contributed by atoms with Crippen molar-refractivity contribution in [2.24, 2.45) is 0 Å². The van der Waals surface area contributed by atoms with E-state index in [1.165, 1.54) is 12.3 Å². The van der Waals surface area contributed by atoms with Gasteiger partial charge >= 0.3 is 5.91 Å². The number of oxazole rings is 1. The van der Waals surface area contributed by atoms with Crippen LogP contribution in [-0.4, -0.2) is 16.8 Å². The number of furan rings is 1. The van der Waals surface area contributed by atoms with Crippen LogP contribution in [0.15, 0.2) is 57.7 Å². The highest BCUT2D eigenvalue weighted by Crippen LogP contribution is 2.21. The number of carbonyl (C=O) groups excluding carboxylic acids is 2. The third kappa shape index (κ3) is 4.35. The van der Waals surface area contributed by atoms with Crippen LogP contribution < -0.4 is 10.9 Å². The lowest BCUT2D eigenvalue weighted by Crippen LogP contribution is -2.41. The highest BCUT2D eigenvalue weighted by Gasteiger charge is 2.11. The maximum absolute atomic E-state index is 11.8. The van der Waals surface area contributed by atoms with E-state index < -0.39 is 5.91 Å². The van der Waals surface area contributed by atoms with Crippen molar-refractivity contribution >= 4 is 11.8 Å². The van der Waals surface area contributed by atoms with Crippen LogP contribution >= 0.6 is 0 Å². The molecule has 7 nitrogen and oxygen atoms in total. The van der Waals surface area contributed by atoms with Crippen molar-refractivity contribution < 1.29 is 18.4 Å². The lowest BCUT2D eigenvalue weighted by Gasteiger charge is -2.04. The maximum Gasteiger partial charge on any atom is 0.305 e. The Labute approximate surface area is 144 Å². The average molecular weight is 339 g/mol. The first-order valence-electron chi connectivity index (χ1n) is 7.76. The van der Waals surface area contributed by atoms with Gasteiger partial charge in [0.05, 0.1) is 12.5 Å². The van der Waals surface area contributed by atoms with Crippen LogP contribution in [0, 0.1) is 6.92 Å². The standard InChI is InChI=1S/C18H17N3O4/c1-12-4-6-13(7-5-12)15-11-19-17(25-15)9-8-16(22)20-21-18(23)14-3-2-10-24-14/h2-7,10-11H,8-9H2,1H3,(H,20,22)(H,21,23). The number of nitrogens with one attached hydrogen (secondary N) is 2. The zero-order valence-corrected chi connectivity index (χ0v) is 13.6.